The summed E-state index contributed by atoms with van der Waals surface area (Å²) in [6.07, 6.45) is 6.67. The second-order valence-corrected chi connectivity index (χ2v) is 7.54. The van der Waals surface area contributed by atoms with Crippen LogP contribution in [0, 0.1) is 0 Å². The standard InChI is InChI=1S/C15H30N2O/c1-16(2)9-5-7-13(16)11-15(18)12-14-8-6-10-17(14,3)4/h13-14H,5-12H2,1-4H3/q+2/t13-,14+. The summed E-state index contributed by atoms with van der Waals surface area (Å²) >= 11 is 0. The number of carbonyl (C=O) groups excluding carboxylic acids is 1. The SMILES string of the molecule is C[N+]1(C)CCC[C@@H]1CC(=O)C[C@@H]1CCC[N+]1(C)C. The number of nitrogens with zero attached hydrogens (tertiary/aromatic N) is 2. The number of rotatable bonds is 4. The Kier molecular flexibility index (Phi) is 3.84. The Labute approximate surface area is 112 Å². The van der Waals surface area contributed by atoms with Crippen molar-refractivity contribution < 1.29 is 13.8 Å². The molecule has 0 N–H and O–H groups in total. The van der Waals surface area contributed by atoms with Crippen LogP contribution in [-0.4, -0.2) is 68.1 Å². The molecular weight excluding hydrogens is 224 g/mol. The molecule has 0 spiro atoms. The third-order valence-corrected chi connectivity index (χ3v) is 5.45. The van der Waals surface area contributed by atoms with E-state index in [2.05, 4.69) is 28.2 Å². The van der Waals surface area contributed by atoms with Gasteiger partial charge in [0.25, 0.3) is 0 Å². The predicted molar refractivity (Wildman–Crippen MR) is 74.2 cm³/mol. The highest BCUT2D eigenvalue weighted by atomic mass is 16.1. The quantitative estimate of drug-likeness (QED) is 0.699. The van der Waals surface area contributed by atoms with Gasteiger partial charge in [0.1, 0.15) is 5.78 Å². The summed E-state index contributed by atoms with van der Waals surface area (Å²) in [5, 5.41) is 0. The number of ketones is 1. The molecule has 2 fully saturated rings. The first-order chi connectivity index (χ1) is 8.31. The Balaban J connectivity index is 1.86. The highest BCUT2D eigenvalue weighted by Gasteiger charge is 2.39. The monoisotopic (exact) mass is 254 g/mol. The van der Waals surface area contributed by atoms with Crippen molar-refractivity contribution in [3.8, 4) is 0 Å². The van der Waals surface area contributed by atoms with Crippen molar-refractivity contribution in [2.24, 2.45) is 0 Å². The fraction of sp³-hybridized carbons (Fsp3) is 0.933. The molecular formula is C15H30N2O+2. The molecule has 2 atom stereocenters. The van der Waals surface area contributed by atoms with Crippen molar-refractivity contribution in [1.29, 1.82) is 0 Å². The van der Waals surface area contributed by atoms with Crippen molar-refractivity contribution in [3.63, 3.8) is 0 Å². The van der Waals surface area contributed by atoms with Crippen LogP contribution in [0.1, 0.15) is 38.5 Å². The van der Waals surface area contributed by atoms with Gasteiger partial charge in [0.05, 0.1) is 66.2 Å². The van der Waals surface area contributed by atoms with Crippen LogP contribution >= 0.6 is 0 Å². The van der Waals surface area contributed by atoms with Crippen LogP contribution in [0.4, 0.5) is 0 Å². The van der Waals surface area contributed by atoms with Crippen molar-refractivity contribution in [3.05, 3.63) is 0 Å². The molecule has 0 radical (unpaired) electrons. The number of carbonyl (C=O) groups is 1. The topological polar surface area (TPSA) is 17.1 Å². The van der Waals surface area contributed by atoms with Crippen LogP contribution in [0.5, 0.6) is 0 Å². The van der Waals surface area contributed by atoms with Gasteiger partial charge in [0, 0.05) is 25.7 Å². The van der Waals surface area contributed by atoms with Gasteiger partial charge in [-0.3, -0.25) is 4.79 Å². The molecule has 0 unspecified atom stereocenters. The molecule has 104 valence electrons. The van der Waals surface area contributed by atoms with Crippen LogP contribution in [0.25, 0.3) is 0 Å². The number of Topliss-reactive ketones (excluding diaryl/α,β-unsaturated/α-hetero) is 1. The lowest BCUT2D eigenvalue weighted by molar-refractivity contribution is -0.902. The minimum absolute atomic E-state index is 0.506. The van der Waals surface area contributed by atoms with Crippen LogP contribution < -0.4 is 0 Å². The van der Waals surface area contributed by atoms with E-state index >= 15 is 0 Å². The maximum Gasteiger partial charge on any atom is 0.144 e. The highest BCUT2D eigenvalue weighted by molar-refractivity contribution is 5.79. The molecule has 18 heavy (non-hydrogen) atoms. The summed E-state index contributed by atoms with van der Waals surface area (Å²) in [4.78, 5) is 12.3. The zero-order chi connectivity index (χ0) is 13.4. The van der Waals surface area contributed by atoms with E-state index in [-0.39, 0.29) is 0 Å². The molecule has 2 aliphatic heterocycles. The summed E-state index contributed by atoms with van der Waals surface area (Å²) in [5.74, 6) is 0.506. The van der Waals surface area contributed by atoms with Gasteiger partial charge in [-0.2, -0.15) is 0 Å². The van der Waals surface area contributed by atoms with Gasteiger partial charge < -0.3 is 8.97 Å². The molecule has 2 heterocycles. The Bertz CT molecular complexity index is 292. The van der Waals surface area contributed by atoms with Crippen molar-refractivity contribution in [1.82, 2.24) is 0 Å². The molecule has 0 aromatic carbocycles. The van der Waals surface area contributed by atoms with Crippen molar-refractivity contribution >= 4 is 5.78 Å². The fourth-order valence-electron chi connectivity index (χ4n) is 3.84. The molecule has 0 aliphatic carbocycles. The Morgan fingerprint density at radius 3 is 1.56 bits per heavy atom. The minimum atomic E-state index is 0.506. The molecule has 2 aliphatic rings. The van der Waals surface area contributed by atoms with E-state index in [0.29, 0.717) is 17.9 Å². The smallest absolute Gasteiger partial charge is 0.144 e. The van der Waals surface area contributed by atoms with E-state index in [1.54, 1.807) is 0 Å². The summed E-state index contributed by atoms with van der Waals surface area (Å²) in [7, 11) is 9.11. The third kappa shape index (κ3) is 2.94. The van der Waals surface area contributed by atoms with E-state index in [9.17, 15) is 4.79 Å². The average Bonchev–Trinajstić information content (AvgIpc) is 2.72. The number of hydrogen-bond acceptors (Lipinski definition) is 1. The van der Waals surface area contributed by atoms with Crippen LogP contribution in [-0.2, 0) is 4.79 Å². The minimum Gasteiger partial charge on any atom is -0.326 e. The van der Waals surface area contributed by atoms with Crippen molar-refractivity contribution in [2.45, 2.75) is 50.6 Å². The molecule has 0 aromatic rings. The van der Waals surface area contributed by atoms with Crippen LogP contribution in [0.3, 0.4) is 0 Å². The first-order valence-electron chi connectivity index (χ1n) is 7.48. The van der Waals surface area contributed by atoms with Gasteiger partial charge in [-0.1, -0.05) is 0 Å². The van der Waals surface area contributed by atoms with E-state index < -0.39 is 0 Å². The molecule has 0 saturated carbocycles. The molecule has 3 nitrogen and oxygen atoms in total. The van der Waals surface area contributed by atoms with Crippen LogP contribution in [0.2, 0.25) is 0 Å². The van der Waals surface area contributed by atoms with Gasteiger partial charge in [-0.05, 0) is 0 Å². The summed E-state index contributed by atoms with van der Waals surface area (Å²) in [6.45, 7) is 2.48. The molecule has 0 aromatic heterocycles. The number of likely N-dealkylation sites (tertiary alicyclic amines) is 2. The molecule has 3 heteroatoms. The maximum absolute atomic E-state index is 12.3. The number of quaternary nitrogens is 2. The van der Waals surface area contributed by atoms with E-state index in [4.69, 9.17) is 0 Å². The second kappa shape index (κ2) is 4.93. The summed E-state index contributed by atoms with van der Waals surface area (Å²) in [5.41, 5.74) is 0. The first kappa shape index (κ1) is 14.0. The molecule has 0 amide bonds. The zero-order valence-electron chi connectivity index (χ0n) is 12.6. The van der Waals surface area contributed by atoms with Gasteiger partial charge in [-0.15, -0.1) is 0 Å². The van der Waals surface area contributed by atoms with Crippen LogP contribution in [0.15, 0.2) is 0 Å². The molecule has 0 bridgehead atoms. The Hall–Kier alpha value is -0.410. The lowest BCUT2D eigenvalue weighted by atomic mass is 10.00. The zero-order valence-corrected chi connectivity index (χ0v) is 12.6. The van der Waals surface area contributed by atoms with E-state index in [1.165, 1.54) is 38.8 Å². The van der Waals surface area contributed by atoms with E-state index in [1.807, 2.05) is 0 Å². The largest absolute Gasteiger partial charge is 0.326 e. The predicted octanol–water partition coefficient (Wildman–Crippen LogP) is 1.81. The lowest BCUT2D eigenvalue weighted by Gasteiger charge is -2.33. The Morgan fingerprint density at radius 2 is 1.28 bits per heavy atom. The first-order valence-corrected chi connectivity index (χ1v) is 7.48. The Morgan fingerprint density at radius 1 is 0.889 bits per heavy atom. The number of hydrogen-bond donors (Lipinski definition) is 0. The molecule has 2 rings (SSSR count). The average molecular weight is 254 g/mol. The summed E-state index contributed by atoms with van der Waals surface area (Å²) < 4.78 is 2.10. The highest BCUT2D eigenvalue weighted by Crippen LogP contribution is 2.28. The third-order valence-electron chi connectivity index (χ3n) is 5.45. The van der Waals surface area contributed by atoms with Crippen molar-refractivity contribution in [2.75, 3.05) is 41.3 Å². The summed E-state index contributed by atoms with van der Waals surface area (Å²) in [6, 6.07) is 1.16. The lowest BCUT2D eigenvalue weighted by Crippen LogP contribution is -2.47. The van der Waals surface area contributed by atoms with Gasteiger partial charge in [-0.25, -0.2) is 0 Å². The normalized spacial score (nSPS) is 33.8. The second-order valence-electron chi connectivity index (χ2n) is 7.54. The van der Waals surface area contributed by atoms with Gasteiger partial charge in [0.2, 0.25) is 0 Å². The van der Waals surface area contributed by atoms with E-state index in [0.717, 1.165) is 21.8 Å². The van der Waals surface area contributed by atoms with Gasteiger partial charge in [0.15, 0.2) is 0 Å². The maximum atomic E-state index is 12.3. The van der Waals surface area contributed by atoms with Gasteiger partial charge >= 0.3 is 0 Å². The molecule has 2 saturated heterocycles. The fourth-order valence-corrected chi connectivity index (χ4v) is 3.84.